The van der Waals surface area contributed by atoms with Gasteiger partial charge in [-0.25, -0.2) is 0 Å². The van der Waals surface area contributed by atoms with Crippen LogP contribution in [0.3, 0.4) is 0 Å². The minimum atomic E-state index is 0.630. The van der Waals surface area contributed by atoms with Crippen LogP contribution in [0.4, 0.5) is 0 Å². The summed E-state index contributed by atoms with van der Waals surface area (Å²) in [5.74, 6) is 11.7. The number of ether oxygens (including phenoxy) is 12. The highest BCUT2D eigenvalue weighted by Gasteiger charge is 2.24. The highest BCUT2D eigenvalue weighted by molar-refractivity contribution is 8.76. The number of methoxy groups -OCH3 is 2. The van der Waals surface area contributed by atoms with Crippen molar-refractivity contribution in [3.8, 4) is 69.0 Å². The van der Waals surface area contributed by atoms with E-state index < -0.39 is 0 Å². The van der Waals surface area contributed by atoms with Crippen LogP contribution in [0.25, 0.3) is 64.6 Å². The smallest absolute Gasteiger partial charge is 0.161 e. The van der Waals surface area contributed by atoms with Crippen LogP contribution in [0, 0.1) is 0 Å². The van der Waals surface area contributed by atoms with E-state index in [2.05, 4.69) is 150 Å². The van der Waals surface area contributed by atoms with Crippen LogP contribution in [0.15, 0.2) is 72.8 Å². The highest BCUT2D eigenvalue weighted by Crippen LogP contribution is 2.50. The minimum absolute atomic E-state index is 0.630. The average molecular weight is 1520 g/mol. The van der Waals surface area contributed by atoms with Gasteiger partial charge in [-0.2, -0.15) is 0 Å². The molecule has 0 amide bonds. The summed E-state index contributed by atoms with van der Waals surface area (Å²) in [6.07, 6.45) is 40.2. The maximum Gasteiger partial charge on any atom is 0.161 e. The Labute approximate surface area is 659 Å². The molecule has 108 heavy (non-hydrogen) atoms. The first-order chi connectivity index (χ1) is 53.3. The molecule has 0 spiro atoms. The largest absolute Gasteiger partial charge is 0.493 e. The Bertz CT molecular complexity index is 3620. The van der Waals surface area contributed by atoms with Crippen LogP contribution in [-0.4, -0.2) is 91.8 Å². The molecular formula is C94H138O12S2. The number of hydrogen-bond donors (Lipinski definition) is 0. The summed E-state index contributed by atoms with van der Waals surface area (Å²) in [4.78, 5) is 0. The van der Waals surface area contributed by atoms with Crippen LogP contribution in [-0.2, 0) is 0 Å². The van der Waals surface area contributed by atoms with E-state index in [1.54, 1.807) is 14.2 Å². The van der Waals surface area contributed by atoms with Gasteiger partial charge in [-0.05, 0) is 214 Å². The number of rotatable bonds is 63. The summed E-state index contributed by atoms with van der Waals surface area (Å²) in [7, 11) is 7.61. The fourth-order valence-electron chi connectivity index (χ4n) is 14.2. The van der Waals surface area contributed by atoms with Crippen molar-refractivity contribution < 1.29 is 56.8 Å². The molecule has 0 heterocycles. The van der Waals surface area contributed by atoms with Gasteiger partial charge in [0.15, 0.2) is 69.0 Å². The zero-order valence-corrected chi connectivity index (χ0v) is 70.2. The van der Waals surface area contributed by atoms with Gasteiger partial charge in [-0.1, -0.05) is 231 Å². The third-order valence-electron chi connectivity index (χ3n) is 20.6. The van der Waals surface area contributed by atoms with E-state index in [0.717, 1.165) is 313 Å². The predicted octanol–water partition coefficient (Wildman–Crippen LogP) is 28.7. The second-order valence-electron chi connectivity index (χ2n) is 29.5. The summed E-state index contributed by atoms with van der Waals surface area (Å²) in [6, 6.07) is 26.4. The van der Waals surface area contributed by atoms with Crippen LogP contribution < -0.4 is 56.8 Å². The van der Waals surface area contributed by atoms with E-state index in [0.29, 0.717) is 66.1 Å². The van der Waals surface area contributed by atoms with E-state index in [9.17, 15) is 0 Å². The van der Waals surface area contributed by atoms with Gasteiger partial charge in [0, 0.05) is 11.5 Å². The van der Waals surface area contributed by atoms with Gasteiger partial charge in [0.1, 0.15) is 0 Å². The molecule has 8 rings (SSSR count). The van der Waals surface area contributed by atoms with E-state index in [-0.39, 0.29) is 0 Å². The Morgan fingerprint density at radius 1 is 0.167 bits per heavy atom. The fraction of sp³-hybridized carbons (Fsp3) is 0.617. The standard InChI is InChI=1S/C94H138O12S2/c1-11-19-35-47-99-87-63-75-71-59-83(95-9)85(61-73(71)77-65-89(101-49-37-21-13-3)93(105-53-41-25-17-7)69-81(77)79(75)67-91(87)103-51-39-23-15-5)97-55-43-31-27-29-33-45-57-107-108-58-46-34-30-28-32-44-56-98-86-62-74-72(60-84(86)96-10)76-64-88(100-48-36-20-12-2)92(104-52-40-24-16-6)68-80(76)82-70-94(106-54-42-26-18-8)90(66-78(74)82)102-50-38-22-14-4/h59-70H,11-58H2,1-10H3. The summed E-state index contributed by atoms with van der Waals surface area (Å²) >= 11 is 0. The van der Waals surface area contributed by atoms with Crippen molar-refractivity contribution in [2.24, 2.45) is 0 Å². The normalized spacial score (nSPS) is 11.6. The van der Waals surface area contributed by atoms with Gasteiger partial charge in [0.25, 0.3) is 0 Å². The molecule has 12 nitrogen and oxygen atoms in total. The topological polar surface area (TPSA) is 111 Å². The first kappa shape index (κ1) is 87.2. The van der Waals surface area contributed by atoms with Crippen molar-refractivity contribution >= 4 is 86.2 Å². The molecule has 8 aromatic carbocycles. The quantitative estimate of drug-likeness (QED) is 0.0205. The van der Waals surface area contributed by atoms with Crippen molar-refractivity contribution in [3.63, 3.8) is 0 Å². The lowest BCUT2D eigenvalue weighted by Crippen LogP contribution is -2.04. The molecule has 0 aromatic heterocycles. The average Bonchev–Trinajstić information content (AvgIpc) is 0.733. The van der Waals surface area contributed by atoms with Gasteiger partial charge in [-0.15, -0.1) is 0 Å². The molecule has 8 aromatic rings. The van der Waals surface area contributed by atoms with Crippen molar-refractivity contribution in [1.29, 1.82) is 0 Å². The Balaban J connectivity index is 0.812. The molecule has 0 bridgehead atoms. The van der Waals surface area contributed by atoms with Crippen LogP contribution in [0.2, 0.25) is 0 Å². The Morgan fingerprint density at radius 2 is 0.296 bits per heavy atom. The summed E-state index contributed by atoms with van der Waals surface area (Å²) in [6.45, 7) is 24.2. The SMILES string of the molecule is CCCCCOc1cc2c3cc(OC)c(OCCCCCCCCSSCCCCCCCCOc4cc5c(cc4OC)c4cc(OCCCCC)c(OCCCCC)cc4c4cc(OCCCCC)c(OCCCCC)cc54)cc3c3cc(OCCCCC)c(OCCCCC)cc3c2cc1OCCCCC. The van der Waals surface area contributed by atoms with E-state index in [4.69, 9.17) is 56.8 Å². The zero-order valence-electron chi connectivity index (χ0n) is 68.6. The van der Waals surface area contributed by atoms with Crippen molar-refractivity contribution in [1.82, 2.24) is 0 Å². The molecule has 0 radical (unpaired) electrons. The van der Waals surface area contributed by atoms with Crippen LogP contribution in [0.1, 0.15) is 287 Å². The van der Waals surface area contributed by atoms with E-state index >= 15 is 0 Å². The zero-order chi connectivity index (χ0) is 76.2. The summed E-state index contributed by atoms with van der Waals surface area (Å²) < 4.78 is 78.6. The molecule has 0 saturated carbocycles. The first-order valence-electron chi connectivity index (χ1n) is 43.0. The highest BCUT2D eigenvalue weighted by atomic mass is 33.1. The summed E-state index contributed by atoms with van der Waals surface area (Å²) in [5, 5.41) is 13.0. The van der Waals surface area contributed by atoms with Crippen LogP contribution >= 0.6 is 21.6 Å². The third-order valence-corrected chi connectivity index (χ3v) is 23.1. The van der Waals surface area contributed by atoms with E-state index in [1.807, 2.05) is 0 Å². The first-order valence-corrected chi connectivity index (χ1v) is 45.5. The lowest BCUT2D eigenvalue weighted by molar-refractivity contribution is 0.260. The minimum Gasteiger partial charge on any atom is -0.493 e. The molecular weight excluding hydrogens is 1390 g/mol. The number of fused-ring (bicyclic) bond motifs is 12. The molecule has 0 aliphatic rings. The molecule has 598 valence electrons. The molecule has 14 heteroatoms. The van der Waals surface area contributed by atoms with Crippen LogP contribution in [0.5, 0.6) is 69.0 Å². The van der Waals surface area contributed by atoms with Gasteiger partial charge in [0.2, 0.25) is 0 Å². The third kappa shape index (κ3) is 27.2. The van der Waals surface area contributed by atoms with Gasteiger partial charge < -0.3 is 56.8 Å². The lowest BCUT2D eigenvalue weighted by Gasteiger charge is -2.20. The van der Waals surface area contributed by atoms with E-state index in [1.165, 1.54) is 62.9 Å². The van der Waals surface area contributed by atoms with Gasteiger partial charge in [-0.3, -0.25) is 0 Å². The Morgan fingerprint density at radius 3 is 0.454 bits per heavy atom. The molecule has 0 atom stereocenters. The molecule has 0 N–H and O–H groups in total. The maximum absolute atomic E-state index is 6.68. The van der Waals surface area contributed by atoms with Gasteiger partial charge in [0.05, 0.1) is 80.3 Å². The molecule has 0 saturated heterocycles. The van der Waals surface area contributed by atoms with Crippen molar-refractivity contribution in [2.45, 2.75) is 287 Å². The molecule has 0 aliphatic carbocycles. The van der Waals surface area contributed by atoms with Gasteiger partial charge >= 0.3 is 0 Å². The maximum atomic E-state index is 6.68. The second kappa shape index (κ2) is 51.2. The molecule has 0 aliphatic heterocycles. The summed E-state index contributed by atoms with van der Waals surface area (Å²) in [5.41, 5.74) is 0. The monoisotopic (exact) mass is 1520 g/mol. The second-order valence-corrected chi connectivity index (χ2v) is 32.2. The Kier molecular flexibility index (Phi) is 41.4. The number of hydrogen-bond acceptors (Lipinski definition) is 14. The lowest BCUT2D eigenvalue weighted by atomic mass is 9.93. The molecule has 0 fully saturated rings. The fourth-order valence-corrected chi connectivity index (χ4v) is 16.5. The van der Waals surface area contributed by atoms with Crippen molar-refractivity contribution in [2.75, 3.05) is 91.8 Å². The number of benzene rings is 8. The Hall–Kier alpha value is -6.38. The van der Waals surface area contributed by atoms with Crippen molar-refractivity contribution in [3.05, 3.63) is 72.8 Å². The molecule has 0 unspecified atom stereocenters. The number of unbranched alkanes of at least 4 members (excludes halogenated alkanes) is 26. The predicted molar refractivity (Wildman–Crippen MR) is 462 cm³/mol.